The van der Waals surface area contributed by atoms with Gasteiger partial charge in [0.2, 0.25) is 0 Å². The Labute approximate surface area is 95.0 Å². The first-order chi connectivity index (χ1) is 7.27. The molecule has 0 saturated carbocycles. The van der Waals surface area contributed by atoms with Crippen molar-refractivity contribution in [2.45, 2.75) is 18.1 Å². The second-order valence-electron chi connectivity index (χ2n) is 3.99. The number of hydrogen-bond donors (Lipinski definition) is 1. The summed E-state index contributed by atoms with van der Waals surface area (Å²) in [6.07, 6.45) is 1.68. The molecule has 82 valence electrons. The van der Waals surface area contributed by atoms with Crippen LogP contribution in [0.2, 0.25) is 0 Å². The molecule has 0 aliphatic carbocycles. The standard InChI is InChI=1S/C12H15FOS/c13-11-4-2-1-3-9(11)7-10-8-14-6-5-12(10)15/h1-4,10,12,15H,5-8H2/t10-,12+/m1/s1. The maximum absolute atomic E-state index is 13.4. The minimum atomic E-state index is -0.122. The third-order valence-electron chi connectivity index (χ3n) is 2.87. The summed E-state index contributed by atoms with van der Waals surface area (Å²) >= 11 is 4.52. The quantitative estimate of drug-likeness (QED) is 0.763. The molecule has 1 aromatic carbocycles. The van der Waals surface area contributed by atoms with Crippen molar-refractivity contribution in [2.24, 2.45) is 5.92 Å². The second-order valence-corrected chi connectivity index (χ2v) is 4.65. The lowest BCUT2D eigenvalue weighted by molar-refractivity contribution is 0.0594. The average molecular weight is 226 g/mol. The van der Waals surface area contributed by atoms with Crippen LogP contribution in [0.25, 0.3) is 0 Å². The van der Waals surface area contributed by atoms with E-state index in [1.165, 1.54) is 6.07 Å². The van der Waals surface area contributed by atoms with Gasteiger partial charge < -0.3 is 4.74 Å². The van der Waals surface area contributed by atoms with Gasteiger partial charge in [-0.15, -0.1) is 0 Å². The summed E-state index contributed by atoms with van der Waals surface area (Å²) in [5.41, 5.74) is 0.770. The van der Waals surface area contributed by atoms with Crippen LogP contribution in [0.5, 0.6) is 0 Å². The van der Waals surface area contributed by atoms with Gasteiger partial charge in [-0.3, -0.25) is 0 Å². The molecule has 0 aromatic heterocycles. The van der Waals surface area contributed by atoms with E-state index in [1.54, 1.807) is 6.07 Å². The van der Waals surface area contributed by atoms with Crippen LogP contribution in [0.3, 0.4) is 0 Å². The van der Waals surface area contributed by atoms with Crippen molar-refractivity contribution in [3.63, 3.8) is 0 Å². The summed E-state index contributed by atoms with van der Waals surface area (Å²) in [6, 6.07) is 6.93. The van der Waals surface area contributed by atoms with Crippen LogP contribution in [0, 0.1) is 11.7 Å². The number of hydrogen-bond acceptors (Lipinski definition) is 2. The van der Waals surface area contributed by atoms with E-state index >= 15 is 0 Å². The van der Waals surface area contributed by atoms with Gasteiger partial charge in [-0.1, -0.05) is 18.2 Å². The van der Waals surface area contributed by atoms with Crippen molar-refractivity contribution in [1.29, 1.82) is 0 Å². The molecule has 0 bridgehead atoms. The molecule has 1 fully saturated rings. The molecule has 0 N–H and O–H groups in total. The summed E-state index contributed by atoms with van der Waals surface area (Å²) in [5.74, 6) is 0.211. The van der Waals surface area contributed by atoms with Gasteiger partial charge in [0, 0.05) is 11.9 Å². The smallest absolute Gasteiger partial charge is 0.126 e. The van der Waals surface area contributed by atoms with Crippen LogP contribution in [0.4, 0.5) is 4.39 Å². The van der Waals surface area contributed by atoms with Crippen LogP contribution in [-0.2, 0) is 11.2 Å². The highest BCUT2D eigenvalue weighted by Crippen LogP contribution is 2.24. The van der Waals surface area contributed by atoms with Gasteiger partial charge in [0.25, 0.3) is 0 Å². The van der Waals surface area contributed by atoms with E-state index in [0.29, 0.717) is 17.8 Å². The molecular weight excluding hydrogens is 211 g/mol. The maximum Gasteiger partial charge on any atom is 0.126 e. The minimum absolute atomic E-state index is 0.122. The Kier molecular flexibility index (Phi) is 3.65. The van der Waals surface area contributed by atoms with Crippen LogP contribution in [0.1, 0.15) is 12.0 Å². The number of halogens is 1. The van der Waals surface area contributed by atoms with Crippen molar-refractivity contribution < 1.29 is 9.13 Å². The summed E-state index contributed by atoms with van der Waals surface area (Å²) in [4.78, 5) is 0. The molecule has 1 aliphatic heterocycles. The third-order valence-corrected chi connectivity index (χ3v) is 3.55. The molecule has 1 heterocycles. The Morgan fingerprint density at radius 2 is 2.20 bits per heavy atom. The fraction of sp³-hybridized carbons (Fsp3) is 0.500. The molecular formula is C12H15FOS. The number of ether oxygens (including phenoxy) is 1. The Morgan fingerprint density at radius 3 is 2.93 bits per heavy atom. The lowest BCUT2D eigenvalue weighted by Crippen LogP contribution is -2.30. The molecule has 0 spiro atoms. The maximum atomic E-state index is 13.4. The van der Waals surface area contributed by atoms with Crippen molar-refractivity contribution in [1.82, 2.24) is 0 Å². The molecule has 15 heavy (non-hydrogen) atoms. The average Bonchev–Trinajstić information content (AvgIpc) is 2.24. The first-order valence-electron chi connectivity index (χ1n) is 5.26. The summed E-state index contributed by atoms with van der Waals surface area (Å²) in [6.45, 7) is 1.48. The molecule has 1 aliphatic rings. The molecule has 0 radical (unpaired) electrons. The highest BCUT2D eigenvalue weighted by atomic mass is 32.1. The zero-order valence-corrected chi connectivity index (χ0v) is 9.42. The number of benzene rings is 1. The van der Waals surface area contributed by atoms with Crippen molar-refractivity contribution >= 4 is 12.6 Å². The molecule has 1 nitrogen and oxygen atoms in total. The molecule has 1 aromatic rings. The zero-order chi connectivity index (χ0) is 10.7. The first-order valence-corrected chi connectivity index (χ1v) is 5.78. The predicted octanol–water partition coefficient (Wildman–Crippen LogP) is 2.70. The third kappa shape index (κ3) is 2.73. The summed E-state index contributed by atoms with van der Waals surface area (Å²) in [5, 5.41) is 0.332. The van der Waals surface area contributed by atoms with Crippen molar-refractivity contribution in [3.05, 3.63) is 35.6 Å². The van der Waals surface area contributed by atoms with Crippen LogP contribution < -0.4 is 0 Å². The van der Waals surface area contributed by atoms with Gasteiger partial charge in [0.05, 0.1) is 6.61 Å². The topological polar surface area (TPSA) is 9.23 Å². The Bertz CT molecular complexity index is 329. The highest BCUT2D eigenvalue weighted by Gasteiger charge is 2.23. The van der Waals surface area contributed by atoms with Crippen LogP contribution in [-0.4, -0.2) is 18.5 Å². The second kappa shape index (κ2) is 4.99. The van der Waals surface area contributed by atoms with E-state index in [0.717, 1.165) is 25.0 Å². The lowest BCUT2D eigenvalue weighted by atomic mass is 9.93. The fourth-order valence-corrected chi connectivity index (χ4v) is 2.22. The highest BCUT2D eigenvalue weighted by molar-refractivity contribution is 7.81. The van der Waals surface area contributed by atoms with E-state index in [1.807, 2.05) is 12.1 Å². The van der Waals surface area contributed by atoms with Gasteiger partial charge >= 0.3 is 0 Å². The van der Waals surface area contributed by atoms with Gasteiger partial charge in [0.15, 0.2) is 0 Å². The molecule has 2 atom stereocenters. The van der Waals surface area contributed by atoms with E-state index in [2.05, 4.69) is 12.6 Å². The lowest BCUT2D eigenvalue weighted by Gasteiger charge is -2.28. The molecule has 0 amide bonds. The first kappa shape index (κ1) is 11.0. The zero-order valence-electron chi connectivity index (χ0n) is 8.53. The normalized spacial score (nSPS) is 26.5. The van der Waals surface area contributed by atoms with Gasteiger partial charge in [0.1, 0.15) is 5.82 Å². The Hall–Kier alpha value is -0.540. The van der Waals surface area contributed by atoms with Gasteiger partial charge in [-0.05, 0) is 30.4 Å². The van der Waals surface area contributed by atoms with E-state index in [-0.39, 0.29) is 5.82 Å². The van der Waals surface area contributed by atoms with Crippen molar-refractivity contribution in [2.75, 3.05) is 13.2 Å². The summed E-state index contributed by atoms with van der Waals surface area (Å²) < 4.78 is 18.8. The molecule has 2 rings (SSSR count). The SMILES string of the molecule is Fc1ccccc1C[C@@H]1COCC[C@@H]1S. The van der Waals surface area contributed by atoms with Crippen LogP contribution >= 0.6 is 12.6 Å². The van der Waals surface area contributed by atoms with E-state index < -0.39 is 0 Å². The summed E-state index contributed by atoms with van der Waals surface area (Å²) in [7, 11) is 0. The Balaban J connectivity index is 2.04. The van der Waals surface area contributed by atoms with Crippen molar-refractivity contribution in [3.8, 4) is 0 Å². The molecule has 3 heteroatoms. The van der Waals surface area contributed by atoms with E-state index in [4.69, 9.17) is 4.74 Å². The molecule has 1 saturated heterocycles. The monoisotopic (exact) mass is 226 g/mol. The molecule has 0 unspecified atom stereocenters. The van der Waals surface area contributed by atoms with Crippen LogP contribution in [0.15, 0.2) is 24.3 Å². The predicted molar refractivity (Wildman–Crippen MR) is 61.8 cm³/mol. The minimum Gasteiger partial charge on any atom is -0.381 e. The number of rotatable bonds is 2. The Morgan fingerprint density at radius 1 is 1.40 bits per heavy atom. The fourth-order valence-electron chi connectivity index (χ4n) is 1.93. The van der Waals surface area contributed by atoms with Gasteiger partial charge in [-0.25, -0.2) is 4.39 Å². The number of thiol groups is 1. The van der Waals surface area contributed by atoms with Gasteiger partial charge in [-0.2, -0.15) is 12.6 Å². The van der Waals surface area contributed by atoms with E-state index in [9.17, 15) is 4.39 Å². The largest absolute Gasteiger partial charge is 0.381 e.